The highest BCUT2D eigenvalue weighted by atomic mass is 79.9. The predicted octanol–water partition coefficient (Wildman–Crippen LogP) is 2.96. The molecule has 2 heterocycles. The molecule has 0 aliphatic heterocycles. The van der Waals surface area contributed by atoms with Gasteiger partial charge in [0.25, 0.3) is 0 Å². The molecule has 0 unspecified atom stereocenters. The molecule has 78 valence electrons. The van der Waals surface area contributed by atoms with Crippen LogP contribution in [0, 0.1) is 0 Å². The Bertz CT molecular complexity index is 489. The largest absolute Gasteiger partial charge is 0.294 e. The van der Waals surface area contributed by atoms with E-state index in [1.807, 2.05) is 11.4 Å². The molecule has 2 aromatic rings. The van der Waals surface area contributed by atoms with Crippen molar-refractivity contribution in [3.05, 3.63) is 38.8 Å². The molecule has 2 aromatic heterocycles. The maximum Gasteiger partial charge on any atom is 0.162 e. The summed E-state index contributed by atoms with van der Waals surface area (Å²) in [5.74, 6) is 0.0469. The summed E-state index contributed by atoms with van der Waals surface area (Å²) < 4.78 is 2.88. The summed E-state index contributed by atoms with van der Waals surface area (Å²) in [5.41, 5.74) is 1.83. The molecule has 3 nitrogen and oxygen atoms in total. The fourth-order valence-electron chi connectivity index (χ4n) is 1.24. The van der Waals surface area contributed by atoms with Crippen molar-refractivity contribution in [2.75, 3.05) is 0 Å². The smallest absolute Gasteiger partial charge is 0.162 e. The van der Waals surface area contributed by atoms with E-state index < -0.39 is 0 Å². The quantitative estimate of drug-likeness (QED) is 0.813. The summed E-state index contributed by atoms with van der Waals surface area (Å²) >= 11 is 5.12. The van der Waals surface area contributed by atoms with Crippen molar-refractivity contribution in [2.45, 2.75) is 13.5 Å². The normalized spacial score (nSPS) is 10.5. The summed E-state index contributed by atoms with van der Waals surface area (Å²) in [6.07, 6.45) is 3.37. The zero-order valence-electron chi connectivity index (χ0n) is 8.11. The molecule has 0 aliphatic rings. The molecule has 0 radical (unpaired) electrons. The van der Waals surface area contributed by atoms with Gasteiger partial charge in [0.2, 0.25) is 0 Å². The Kier molecular flexibility index (Phi) is 3.02. The molecule has 0 saturated heterocycles. The van der Waals surface area contributed by atoms with Crippen molar-refractivity contribution in [2.24, 2.45) is 0 Å². The second-order valence-corrected chi connectivity index (χ2v) is 5.44. The standard InChI is InChI=1S/C10H9BrN2OS/c1-7(14)9-4-12-13(6-9)5-8-2-3-15-10(8)11/h2-4,6H,5H2,1H3. The van der Waals surface area contributed by atoms with Crippen LogP contribution in [0.25, 0.3) is 0 Å². The SMILES string of the molecule is CC(=O)c1cnn(Cc2ccsc2Br)c1. The Hall–Kier alpha value is -0.940. The van der Waals surface area contributed by atoms with E-state index >= 15 is 0 Å². The fourth-order valence-corrected chi connectivity index (χ4v) is 2.46. The number of nitrogens with zero attached hydrogens (tertiary/aromatic N) is 2. The molecule has 0 N–H and O–H groups in total. The zero-order chi connectivity index (χ0) is 10.8. The van der Waals surface area contributed by atoms with E-state index in [2.05, 4.69) is 21.0 Å². The summed E-state index contributed by atoms with van der Waals surface area (Å²) in [7, 11) is 0. The summed E-state index contributed by atoms with van der Waals surface area (Å²) in [6.45, 7) is 2.24. The number of carbonyl (C=O) groups is 1. The number of ketones is 1. The molecule has 5 heteroatoms. The first-order valence-corrected chi connectivity index (χ1v) is 6.09. The van der Waals surface area contributed by atoms with Gasteiger partial charge in [0.1, 0.15) is 0 Å². The highest BCUT2D eigenvalue weighted by Crippen LogP contribution is 2.23. The van der Waals surface area contributed by atoms with Crippen LogP contribution in [-0.4, -0.2) is 15.6 Å². The lowest BCUT2D eigenvalue weighted by molar-refractivity contribution is 0.101. The lowest BCUT2D eigenvalue weighted by Gasteiger charge is -1.98. The first kappa shape index (κ1) is 10.6. The number of Topliss-reactive ketones (excluding diaryl/α,β-unsaturated/α-hetero) is 1. The van der Waals surface area contributed by atoms with Crippen molar-refractivity contribution < 1.29 is 4.79 Å². The van der Waals surface area contributed by atoms with E-state index in [1.54, 1.807) is 35.3 Å². The lowest BCUT2D eigenvalue weighted by atomic mass is 10.3. The molecule has 0 fully saturated rings. The van der Waals surface area contributed by atoms with E-state index in [-0.39, 0.29) is 5.78 Å². The Labute approximate surface area is 99.9 Å². The van der Waals surface area contributed by atoms with Crippen LogP contribution in [0.2, 0.25) is 0 Å². The van der Waals surface area contributed by atoms with Crippen LogP contribution < -0.4 is 0 Å². The van der Waals surface area contributed by atoms with Gasteiger partial charge in [0.15, 0.2) is 5.78 Å². The lowest BCUT2D eigenvalue weighted by Crippen LogP contribution is -1.99. The third-order valence-corrected chi connectivity index (χ3v) is 3.88. The van der Waals surface area contributed by atoms with Gasteiger partial charge in [-0.2, -0.15) is 5.10 Å². The summed E-state index contributed by atoms with van der Waals surface area (Å²) in [6, 6.07) is 2.05. The molecular formula is C10H9BrN2OS. The highest BCUT2D eigenvalue weighted by Gasteiger charge is 2.05. The molecule has 0 atom stereocenters. The molecule has 0 spiro atoms. The molecule has 15 heavy (non-hydrogen) atoms. The van der Waals surface area contributed by atoms with Gasteiger partial charge >= 0.3 is 0 Å². The average Bonchev–Trinajstić information content (AvgIpc) is 2.77. The van der Waals surface area contributed by atoms with Crippen molar-refractivity contribution in [1.82, 2.24) is 9.78 Å². The predicted molar refractivity (Wildman–Crippen MR) is 63.4 cm³/mol. The molecule has 2 rings (SSSR count). The second kappa shape index (κ2) is 4.28. The van der Waals surface area contributed by atoms with Gasteiger partial charge in [0, 0.05) is 6.20 Å². The molecular weight excluding hydrogens is 276 g/mol. The van der Waals surface area contributed by atoms with Crippen LogP contribution in [-0.2, 0) is 6.54 Å². The topological polar surface area (TPSA) is 34.9 Å². The molecule has 0 aromatic carbocycles. The van der Waals surface area contributed by atoms with Crippen LogP contribution in [0.4, 0.5) is 0 Å². The Morgan fingerprint density at radius 3 is 3.00 bits per heavy atom. The summed E-state index contributed by atoms with van der Waals surface area (Å²) in [5, 5.41) is 6.16. The number of thiophene rings is 1. The first-order valence-electron chi connectivity index (χ1n) is 4.42. The third kappa shape index (κ3) is 2.35. The third-order valence-electron chi connectivity index (χ3n) is 2.07. The fraction of sp³-hybridized carbons (Fsp3) is 0.200. The van der Waals surface area contributed by atoms with Gasteiger partial charge in [-0.15, -0.1) is 11.3 Å². The van der Waals surface area contributed by atoms with Crippen LogP contribution in [0.3, 0.4) is 0 Å². The number of carbonyl (C=O) groups excluding carboxylic acids is 1. The first-order chi connectivity index (χ1) is 7.16. The minimum absolute atomic E-state index is 0.0469. The van der Waals surface area contributed by atoms with Crippen molar-refractivity contribution in [1.29, 1.82) is 0 Å². The van der Waals surface area contributed by atoms with Crippen molar-refractivity contribution in [3.8, 4) is 0 Å². The highest BCUT2D eigenvalue weighted by molar-refractivity contribution is 9.11. The zero-order valence-corrected chi connectivity index (χ0v) is 10.5. The minimum atomic E-state index is 0.0469. The van der Waals surface area contributed by atoms with Crippen LogP contribution in [0.5, 0.6) is 0 Å². The summed E-state index contributed by atoms with van der Waals surface area (Å²) in [4.78, 5) is 11.1. The Balaban J connectivity index is 2.18. The molecule has 0 bridgehead atoms. The molecule has 0 aliphatic carbocycles. The van der Waals surface area contributed by atoms with E-state index in [1.165, 1.54) is 5.56 Å². The van der Waals surface area contributed by atoms with Crippen molar-refractivity contribution in [3.63, 3.8) is 0 Å². The van der Waals surface area contributed by atoms with E-state index in [0.717, 1.165) is 3.79 Å². The van der Waals surface area contributed by atoms with E-state index in [0.29, 0.717) is 12.1 Å². The Morgan fingerprint density at radius 1 is 1.67 bits per heavy atom. The van der Waals surface area contributed by atoms with Gasteiger partial charge in [-0.1, -0.05) is 0 Å². The number of halogens is 1. The number of hydrogen-bond donors (Lipinski definition) is 0. The average molecular weight is 285 g/mol. The second-order valence-electron chi connectivity index (χ2n) is 3.20. The van der Waals surface area contributed by atoms with Crippen LogP contribution >= 0.6 is 27.3 Å². The van der Waals surface area contributed by atoms with E-state index in [4.69, 9.17) is 0 Å². The van der Waals surface area contributed by atoms with Gasteiger partial charge in [-0.25, -0.2) is 0 Å². The minimum Gasteiger partial charge on any atom is -0.294 e. The number of aromatic nitrogens is 2. The molecule has 0 saturated carbocycles. The van der Waals surface area contributed by atoms with Gasteiger partial charge in [0.05, 0.1) is 22.1 Å². The van der Waals surface area contributed by atoms with E-state index in [9.17, 15) is 4.79 Å². The van der Waals surface area contributed by atoms with Crippen LogP contribution in [0.15, 0.2) is 27.6 Å². The monoisotopic (exact) mass is 284 g/mol. The van der Waals surface area contributed by atoms with Crippen LogP contribution in [0.1, 0.15) is 22.8 Å². The van der Waals surface area contributed by atoms with Gasteiger partial charge in [-0.3, -0.25) is 9.48 Å². The van der Waals surface area contributed by atoms with Crippen molar-refractivity contribution >= 4 is 33.0 Å². The molecule has 0 amide bonds. The number of rotatable bonds is 3. The number of hydrogen-bond acceptors (Lipinski definition) is 3. The Morgan fingerprint density at radius 2 is 2.47 bits per heavy atom. The van der Waals surface area contributed by atoms with Gasteiger partial charge in [-0.05, 0) is 39.9 Å². The maximum atomic E-state index is 11.1. The maximum absolute atomic E-state index is 11.1. The van der Waals surface area contributed by atoms with Gasteiger partial charge < -0.3 is 0 Å².